The number of pyridine rings is 1. The number of esters is 1. The van der Waals surface area contributed by atoms with Crippen molar-refractivity contribution in [2.24, 2.45) is 0 Å². The zero-order valence-electron chi connectivity index (χ0n) is 11.9. The highest BCUT2D eigenvalue weighted by molar-refractivity contribution is 5.89. The van der Waals surface area contributed by atoms with Gasteiger partial charge in [0, 0.05) is 29.4 Å². The van der Waals surface area contributed by atoms with E-state index in [4.69, 9.17) is 9.15 Å². The summed E-state index contributed by atoms with van der Waals surface area (Å²) in [4.78, 5) is 27.4. The van der Waals surface area contributed by atoms with Gasteiger partial charge < -0.3 is 9.15 Å². The number of nitrogens with zero attached hydrogens (tertiary/aromatic N) is 1. The van der Waals surface area contributed by atoms with Crippen molar-refractivity contribution in [3.05, 3.63) is 75.9 Å². The smallest absolute Gasteiger partial charge is 0.338 e. The second-order valence-electron chi connectivity index (χ2n) is 4.90. The third kappa shape index (κ3) is 2.88. The van der Waals surface area contributed by atoms with Gasteiger partial charge in [-0.3, -0.25) is 4.98 Å². The minimum atomic E-state index is -0.465. The molecule has 110 valence electrons. The second-order valence-corrected chi connectivity index (χ2v) is 4.90. The molecule has 0 unspecified atom stereocenters. The minimum absolute atomic E-state index is 0.00627. The Hall–Kier alpha value is -2.95. The lowest BCUT2D eigenvalue weighted by molar-refractivity contribution is 0.0473. The first-order chi connectivity index (χ1) is 10.6. The molecule has 0 saturated carbocycles. The van der Waals surface area contributed by atoms with Gasteiger partial charge in [0.05, 0.1) is 5.56 Å². The van der Waals surface area contributed by atoms with Gasteiger partial charge in [-0.05, 0) is 30.7 Å². The largest absolute Gasteiger partial charge is 0.457 e. The number of aryl methyl sites for hydroxylation is 1. The number of ether oxygens (including phenoxy) is 1. The Balaban J connectivity index is 1.88. The van der Waals surface area contributed by atoms with Crippen LogP contribution >= 0.6 is 0 Å². The molecular weight excluding hydrogens is 282 g/mol. The molecule has 0 N–H and O–H groups in total. The van der Waals surface area contributed by atoms with Crippen LogP contribution in [0.5, 0.6) is 0 Å². The SMILES string of the molecule is Cc1ccc2c(COC(=O)c3ccncc3)cc(=O)oc2c1. The highest BCUT2D eigenvalue weighted by atomic mass is 16.5. The molecule has 0 aliphatic rings. The highest BCUT2D eigenvalue weighted by Crippen LogP contribution is 2.19. The van der Waals surface area contributed by atoms with Crippen LogP contribution in [0.4, 0.5) is 0 Å². The molecule has 0 amide bonds. The fraction of sp³-hybridized carbons (Fsp3) is 0.118. The zero-order chi connectivity index (χ0) is 15.5. The van der Waals surface area contributed by atoms with Crippen LogP contribution in [0.25, 0.3) is 11.0 Å². The van der Waals surface area contributed by atoms with Gasteiger partial charge in [-0.15, -0.1) is 0 Å². The second kappa shape index (κ2) is 5.81. The third-order valence-electron chi connectivity index (χ3n) is 3.26. The van der Waals surface area contributed by atoms with Gasteiger partial charge in [0.1, 0.15) is 12.2 Å². The molecule has 22 heavy (non-hydrogen) atoms. The summed E-state index contributed by atoms with van der Waals surface area (Å²) in [5.74, 6) is -0.462. The summed E-state index contributed by atoms with van der Waals surface area (Å²) >= 11 is 0. The Morgan fingerprint density at radius 2 is 1.95 bits per heavy atom. The number of carbonyl (C=O) groups is 1. The quantitative estimate of drug-likeness (QED) is 0.549. The van der Waals surface area contributed by atoms with Crippen LogP contribution in [-0.4, -0.2) is 11.0 Å². The molecule has 0 aliphatic heterocycles. The van der Waals surface area contributed by atoms with E-state index in [-0.39, 0.29) is 6.61 Å². The van der Waals surface area contributed by atoms with Crippen molar-refractivity contribution in [2.45, 2.75) is 13.5 Å². The first-order valence-corrected chi connectivity index (χ1v) is 6.74. The summed E-state index contributed by atoms with van der Waals surface area (Å²) in [6.45, 7) is 1.92. The number of hydrogen-bond acceptors (Lipinski definition) is 5. The first-order valence-electron chi connectivity index (χ1n) is 6.74. The van der Waals surface area contributed by atoms with Crippen LogP contribution in [-0.2, 0) is 11.3 Å². The van der Waals surface area contributed by atoms with E-state index in [1.165, 1.54) is 18.5 Å². The van der Waals surface area contributed by atoms with E-state index in [1.807, 2.05) is 19.1 Å². The van der Waals surface area contributed by atoms with Gasteiger partial charge in [-0.1, -0.05) is 12.1 Å². The maximum Gasteiger partial charge on any atom is 0.338 e. The Bertz CT molecular complexity index is 884. The fourth-order valence-corrected chi connectivity index (χ4v) is 2.17. The molecule has 0 spiro atoms. The van der Waals surface area contributed by atoms with Crippen LogP contribution in [0.3, 0.4) is 0 Å². The Kier molecular flexibility index (Phi) is 3.70. The summed E-state index contributed by atoms with van der Waals surface area (Å²) in [5, 5.41) is 0.757. The molecule has 2 aromatic heterocycles. The number of hydrogen-bond donors (Lipinski definition) is 0. The molecule has 0 atom stereocenters. The van der Waals surface area contributed by atoms with Gasteiger partial charge in [0.25, 0.3) is 0 Å². The molecule has 3 rings (SSSR count). The molecule has 3 aromatic rings. The van der Waals surface area contributed by atoms with Crippen LogP contribution in [0, 0.1) is 6.92 Å². The lowest BCUT2D eigenvalue weighted by atomic mass is 10.1. The predicted octanol–water partition coefficient (Wildman–Crippen LogP) is 2.85. The van der Waals surface area contributed by atoms with Gasteiger partial charge in [0.15, 0.2) is 0 Å². The predicted molar refractivity (Wildman–Crippen MR) is 80.6 cm³/mol. The Morgan fingerprint density at radius 1 is 1.18 bits per heavy atom. The summed E-state index contributed by atoms with van der Waals surface area (Å²) < 4.78 is 10.4. The van der Waals surface area contributed by atoms with Crippen molar-refractivity contribution < 1.29 is 13.9 Å². The standard InChI is InChI=1S/C17H13NO4/c1-11-2-3-14-13(9-16(19)22-15(14)8-11)10-21-17(20)12-4-6-18-7-5-12/h2-9H,10H2,1H3. The van der Waals surface area contributed by atoms with E-state index < -0.39 is 11.6 Å². The average molecular weight is 295 g/mol. The first kappa shape index (κ1) is 14.0. The third-order valence-corrected chi connectivity index (χ3v) is 3.26. The molecule has 5 nitrogen and oxygen atoms in total. The molecule has 0 aliphatic carbocycles. The highest BCUT2D eigenvalue weighted by Gasteiger charge is 2.10. The maximum atomic E-state index is 11.9. The maximum absolute atomic E-state index is 11.9. The molecule has 0 bridgehead atoms. The van der Waals surface area contributed by atoms with Gasteiger partial charge in [-0.2, -0.15) is 0 Å². The van der Waals surface area contributed by atoms with Crippen molar-refractivity contribution in [1.82, 2.24) is 4.98 Å². The summed E-state index contributed by atoms with van der Waals surface area (Å²) in [6.07, 6.45) is 3.04. The molecule has 0 saturated heterocycles. The van der Waals surface area contributed by atoms with Crippen LogP contribution in [0.15, 0.2) is 58.0 Å². The normalized spacial score (nSPS) is 10.6. The van der Waals surface area contributed by atoms with Crippen LogP contribution < -0.4 is 5.63 Å². The summed E-state index contributed by atoms with van der Waals surface area (Å²) in [7, 11) is 0. The summed E-state index contributed by atoms with van der Waals surface area (Å²) in [6, 6.07) is 10.0. The number of fused-ring (bicyclic) bond motifs is 1. The van der Waals surface area contributed by atoms with Crippen molar-refractivity contribution in [2.75, 3.05) is 0 Å². The number of rotatable bonds is 3. The van der Waals surface area contributed by atoms with E-state index in [2.05, 4.69) is 4.98 Å². The molecular formula is C17H13NO4. The molecule has 0 radical (unpaired) electrons. The van der Waals surface area contributed by atoms with E-state index in [1.54, 1.807) is 18.2 Å². The van der Waals surface area contributed by atoms with Gasteiger partial charge in [0.2, 0.25) is 0 Å². The lowest BCUT2D eigenvalue weighted by Gasteiger charge is -2.07. The molecule has 1 aromatic carbocycles. The fourth-order valence-electron chi connectivity index (χ4n) is 2.17. The van der Waals surface area contributed by atoms with E-state index >= 15 is 0 Å². The number of benzene rings is 1. The summed E-state index contributed by atoms with van der Waals surface area (Å²) in [5.41, 5.74) is 2.05. The monoisotopic (exact) mass is 295 g/mol. The average Bonchev–Trinajstić information content (AvgIpc) is 2.52. The number of aromatic nitrogens is 1. The number of carbonyl (C=O) groups excluding carboxylic acids is 1. The Labute approximate surface area is 126 Å². The molecule has 5 heteroatoms. The van der Waals surface area contributed by atoms with E-state index in [9.17, 15) is 9.59 Å². The van der Waals surface area contributed by atoms with Gasteiger partial charge >= 0.3 is 11.6 Å². The van der Waals surface area contributed by atoms with Crippen molar-refractivity contribution in [1.29, 1.82) is 0 Å². The molecule has 2 heterocycles. The van der Waals surface area contributed by atoms with Crippen LogP contribution in [0.1, 0.15) is 21.5 Å². The van der Waals surface area contributed by atoms with Crippen molar-refractivity contribution in [3.8, 4) is 0 Å². The minimum Gasteiger partial charge on any atom is -0.457 e. The molecule has 0 fully saturated rings. The van der Waals surface area contributed by atoms with Crippen molar-refractivity contribution >= 4 is 16.9 Å². The van der Waals surface area contributed by atoms with E-state index in [0.29, 0.717) is 16.7 Å². The Morgan fingerprint density at radius 3 is 2.73 bits per heavy atom. The van der Waals surface area contributed by atoms with Crippen LogP contribution in [0.2, 0.25) is 0 Å². The van der Waals surface area contributed by atoms with Crippen molar-refractivity contribution in [3.63, 3.8) is 0 Å². The zero-order valence-corrected chi connectivity index (χ0v) is 11.9. The van der Waals surface area contributed by atoms with E-state index in [0.717, 1.165) is 10.9 Å². The topological polar surface area (TPSA) is 69.4 Å². The van der Waals surface area contributed by atoms with Gasteiger partial charge in [-0.25, -0.2) is 9.59 Å². The lowest BCUT2D eigenvalue weighted by Crippen LogP contribution is -2.08.